The number of carbonyl (C=O) groups excluding carboxylic acids is 2. The number of hydrogen-bond acceptors (Lipinski definition) is 10. The third-order valence-corrected chi connectivity index (χ3v) is 9.99. The van der Waals surface area contributed by atoms with Gasteiger partial charge in [0, 0.05) is 56.1 Å². The molecule has 11 heteroatoms. The molecule has 2 spiro atoms. The van der Waals surface area contributed by atoms with Gasteiger partial charge in [-0.05, 0) is 70.6 Å². The molecule has 3 aliphatic heterocycles. The minimum absolute atomic E-state index is 0.00725. The van der Waals surface area contributed by atoms with Gasteiger partial charge in [0.05, 0.1) is 31.7 Å². The average molecular weight is 814 g/mol. The Morgan fingerprint density at radius 2 is 1.12 bits per heavy atom. The summed E-state index contributed by atoms with van der Waals surface area (Å²) >= 11 is 0. The monoisotopic (exact) mass is 813 g/mol. The minimum Gasteiger partial charge on any atom is -0.461 e. The molecular weight excluding hydrogens is 747 g/mol. The predicted molar refractivity (Wildman–Crippen MR) is 232 cm³/mol. The third kappa shape index (κ3) is 20.3. The van der Waals surface area contributed by atoms with E-state index in [2.05, 4.69) is 77.3 Å². The molecule has 1 aromatic heterocycles. The molecule has 1 aromatic rings. The molecule has 3 N–H and O–H groups in total. The lowest BCUT2D eigenvalue weighted by atomic mass is 10.1. The summed E-state index contributed by atoms with van der Waals surface area (Å²) in [4.78, 5) is 31.8. The van der Waals surface area contributed by atoms with E-state index in [1.54, 1.807) is 6.33 Å². The Kier molecular flexibility index (Phi) is 22.4. The van der Waals surface area contributed by atoms with Crippen LogP contribution < -0.4 is 5.73 Å². The van der Waals surface area contributed by atoms with E-state index >= 15 is 0 Å². The summed E-state index contributed by atoms with van der Waals surface area (Å²) in [5.41, 5.74) is 7.53. The highest BCUT2D eigenvalue weighted by Gasteiger charge is 2.40. The number of ether oxygens (including phenoxy) is 6. The first-order chi connectivity index (χ1) is 28.9. The summed E-state index contributed by atoms with van der Waals surface area (Å²) < 4.78 is 36.3. The average Bonchev–Trinajstić information content (AvgIpc) is 3.99. The number of nitrogens with zero attached hydrogens (tertiary/aromatic N) is 1. The molecule has 322 valence electrons. The number of aromatic amines is 1. The zero-order valence-corrected chi connectivity index (χ0v) is 34.9. The van der Waals surface area contributed by atoms with Crippen LogP contribution in [0.25, 0.3) is 0 Å². The van der Waals surface area contributed by atoms with Gasteiger partial charge in [-0.15, -0.1) is 0 Å². The normalized spacial score (nSPS) is 26.7. The molecule has 2 atom stereocenters. The van der Waals surface area contributed by atoms with Crippen LogP contribution in [0, 0.1) is 0 Å². The summed E-state index contributed by atoms with van der Waals surface area (Å²) in [6.45, 7) is 5.37. The van der Waals surface area contributed by atoms with Crippen LogP contribution in [0.4, 0.5) is 0 Å². The summed E-state index contributed by atoms with van der Waals surface area (Å²) in [5, 5.41) is 0. The summed E-state index contributed by atoms with van der Waals surface area (Å²) in [6, 6.07) is 0. The first-order valence-corrected chi connectivity index (χ1v) is 21.4. The molecule has 0 saturated carbocycles. The van der Waals surface area contributed by atoms with Crippen LogP contribution in [0.15, 0.2) is 122 Å². The van der Waals surface area contributed by atoms with E-state index in [-0.39, 0.29) is 37.4 Å². The number of cyclic esters (lactones) is 2. The minimum atomic E-state index is -0.733. The largest absolute Gasteiger partial charge is 0.461 e. The molecule has 11 nitrogen and oxygen atoms in total. The number of imidazole rings is 1. The lowest BCUT2D eigenvalue weighted by molar-refractivity contribution is -0.163. The standard InChI is InChI=1S/C48H67N3O8/c1-41(49)25-24-26-43-38-56-47(58-43)31-18-10-4-2-8-16-27-45(52)54-35-22-14-6-12-20-33-48(57-39-44(59-48)30-29-42-37-50-40-51-42)34-21-13-7-15-23-36-55-46(53)28-17-9-3-5-11-19-32-47/h2-3,8-15,18-23,37,40,43-44H,1,4-7,16-17,24-36,38-39,49H2,(H,50,51). The van der Waals surface area contributed by atoms with Crippen LogP contribution in [0.5, 0.6) is 0 Å². The summed E-state index contributed by atoms with van der Waals surface area (Å²) in [5.74, 6) is -1.88. The maximum absolute atomic E-state index is 12.3. The number of esters is 2. The number of carbonyl (C=O) groups is 2. The molecule has 0 aliphatic carbocycles. The van der Waals surface area contributed by atoms with Gasteiger partial charge in [-0.3, -0.25) is 9.59 Å². The number of allylic oxidation sites excluding steroid dienone is 11. The highest BCUT2D eigenvalue weighted by Crippen LogP contribution is 2.35. The molecule has 2 saturated heterocycles. The van der Waals surface area contributed by atoms with Crippen molar-refractivity contribution >= 4 is 11.9 Å². The van der Waals surface area contributed by atoms with Crippen molar-refractivity contribution in [2.45, 2.75) is 133 Å². The second-order valence-electron chi connectivity index (χ2n) is 15.1. The Balaban J connectivity index is 1.28. The molecule has 0 aromatic carbocycles. The van der Waals surface area contributed by atoms with Gasteiger partial charge >= 0.3 is 11.9 Å². The predicted octanol–water partition coefficient (Wildman–Crippen LogP) is 9.44. The second-order valence-corrected chi connectivity index (χ2v) is 15.1. The van der Waals surface area contributed by atoms with Crippen LogP contribution in [0.1, 0.15) is 108 Å². The van der Waals surface area contributed by atoms with E-state index in [1.807, 2.05) is 42.7 Å². The smallest absolute Gasteiger partial charge is 0.306 e. The van der Waals surface area contributed by atoms with E-state index in [0.29, 0.717) is 83.1 Å². The van der Waals surface area contributed by atoms with Crippen LogP contribution in [0.2, 0.25) is 0 Å². The Labute approximate surface area is 351 Å². The van der Waals surface area contributed by atoms with Crippen molar-refractivity contribution in [2.24, 2.45) is 5.73 Å². The van der Waals surface area contributed by atoms with Gasteiger partial charge in [-0.2, -0.15) is 0 Å². The van der Waals surface area contributed by atoms with Crippen molar-refractivity contribution in [3.05, 3.63) is 128 Å². The number of H-pyrrole nitrogens is 1. The van der Waals surface area contributed by atoms with Crippen LogP contribution in [-0.2, 0) is 44.4 Å². The van der Waals surface area contributed by atoms with Gasteiger partial charge < -0.3 is 39.1 Å². The number of hydrogen-bond donors (Lipinski definition) is 2. The van der Waals surface area contributed by atoms with E-state index in [4.69, 9.17) is 34.2 Å². The van der Waals surface area contributed by atoms with Crippen LogP contribution >= 0.6 is 0 Å². The van der Waals surface area contributed by atoms with Crippen molar-refractivity contribution < 1.29 is 38.0 Å². The number of nitrogens with one attached hydrogen (secondary N) is 1. The van der Waals surface area contributed by atoms with Crippen molar-refractivity contribution in [3.8, 4) is 0 Å². The van der Waals surface area contributed by atoms with E-state index in [0.717, 1.165) is 50.6 Å². The fourth-order valence-corrected chi connectivity index (χ4v) is 6.74. The first-order valence-electron chi connectivity index (χ1n) is 21.4. The zero-order valence-electron chi connectivity index (χ0n) is 34.9. The van der Waals surface area contributed by atoms with Crippen molar-refractivity contribution in [1.29, 1.82) is 0 Å². The van der Waals surface area contributed by atoms with Gasteiger partial charge in [0.1, 0.15) is 13.2 Å². The summed E-state index contributed by atoms with van der Waals surface area (Å²) in [6.07, 6.45) is 47.7. The van der Waals surface area contributed by atoms with Gasteiger partial charge in [-0.25, -0.2) is 4.98 Å². The Morgan fingerprint density at radius 1 is 0.661 bits per heavy atom. The van der Waals surface area contributed by atoms with Crippen molar-refractivity contribution in [2.75, 3.05) is 26.4 Å². The van der Waals surface area contributed by atoms with Crippen molar-refractivity contribution in [1.82, 2.24) is 9.97 Å². The van der Waals surface area contributed by atoms with Crippen LogP contribution in [0.3, 0.4) is 0 Å². The molecule has 0 bridgehead atoms. The number of rotatable bonds is 7. The molecule has 2 unspecified atom stereocenters. The third-order valence-electron chi connectivity index (χ3n) is 9.99. The maximum atomic E-state index is 12.3. The van der Waals surface area contributed by atoms with Gasteiger partial charge in [-0.1, -0.05) is 104 Å². The summed E-state index contributed by atoms with van der Waals surface area (Å²) in [7, 11) is 0. The maximum Gasteiger partial charge on any atom is 0.306 e. The van der Waals surface area contributed by atoms with E-state index in [9.17, 15) is 9.59 Å². The first kappa shape index (κ1) is 47.1. The Bertz CT molecular complexity index is 1550. The van der Waals surface area contributed by atoms with Gasteiger partial charge in [0.25, 0.3) is 0 Å². The van der Waals surface area contributed by atoms with E-state index < -0.39 is 11.6 Å². The molecule has 59 heavy (non-hydrogen) atoms. The van der Waals surface area contributed by atoms with Crippen LogP contribution in [-0.4, -0.2) is 72.1 Å². The molecule has 4 rings (SSSR count). The number of aromatic nitrogens is 2. The molecule has 0 amide bonds. The molecule has 3 aliphatic rings. The topological polar surface area (TPSA) is 144 Å². The van der Waals surface area contributed by atoms with Gasteiger partial charge in [0.2, 0.25) is 0 Å². The molecule has 4 heterocycles. The Morgan fingerprint density at radius 3 is 1.58 bits per heavy atom. The van der Waals surface area contributed by atoms with Gasteiger partial charge in [0.15, 0.2) is 11.6 Å². The lowest BCUT2D eigenvalue weighted by Crippen LogP contribution is -2.29. The molecule has 2 fully saturated rings. The SMILES string of the molecule is C=C(N)CCCC1COC2(CC=CCC=CCCC(=O)OCC=CCC=CCC3(CC=CCC=CCOC(=O)CCC=CCC=CC2)OCC(CCc2cnc[nH]2)O3)O1. The second kappa shape index (κ2) is 28.0. The highest BCUT2D eigenvalue weighted by atomic mass is 16.7. The number of aryl methyl sites for hydroxylation is 1. The van der Waals surface area contributed by atoms with Crippen molar-refractivity contribution in [3.63, 3.8) is 0 Å². The fraction of sp³-hybridized carbons (Fsp3) is 0.521. The molecule has 0 radical (unpaired) electrons. The fourth-order valence-electron chi connectivity index (χ4n) is 6.74. The number of nitrogens with two attached hydrogens (primary N) is 1. The zero-order chi connectivity index (χ0) is 41.7. The van der Waals surface area contributed by atoms with E-state index in [1.165, 1.54) is 0 Å². The lowest BCUT2D eigenvalue weighted by Gasteiger charge is -2.26. The highest BCUT2D eigenvalue weighted by molar-refractivity contribution is 5.70. The Hall–Kier alpha value is -4.55. The quantitative estimate of drug-likeness (QED) is 0.202. The molecular formula is C48H67N3O8.